The molecule has 1 aliphatic carbocycles. The smallest absolute Gasteiger partial charge is 0.253 e. The highest BCUT2D eigenvalue weighted by Gasteiger charge is 2.49. The van der Waals surface area contributed by atoms with Crippen molar-refractivity contribution in [3.05, 3.63) is 70.2 Å². The van der Waals surface area contributed by atoms with E-state index in [2.05, 4.69) is 10.6 Å². The first-order valence-corrected chi connectivity index (χ1v) is 10.6. The van der Waals surface area contributed by atoms with Crippen molar-refractivity contribution in [2.45, 2.75) is 45.1 Å². The van der Waals surface area contributed by atoms with Crippen LogP contribution in [-0.4, -0.2) is 41.4 Å². The Morgan fingerprint density at radius 1 is 1.21 bits per heavy atom. The van der Waals surface area contributed by atoms with Crippen LogP contribution < -0.4 is 10.6 Å². The van der Waals surface area contributed by atoms with Crippen LogP contribution in [0.25, 0.3) is 0 Å². The van der Waals surface area contributed by atoms with Gasteiger partial charge in [0.05, 0.1) is 0 Å². The predicted octanol–water partition coefficient (Wildman–Crippen LogP) is 3.30. The molecule has 2 fully saturated rings. The van der Waals surface area contributed by atoms with Crippen LogP contribution in [0.5, 0.6) is 0 Å². The summed E-state index contributed by atoms with van der Waals surface area (Å²) in [7, 11) is 0. The monoisotopic (exact) mass is 413 g/mol. The summed E-state index contributed by atoms with van der Waals surface area (Å²) >= 11 is 5.89. The Hall–Kier alpha value is -1.92. The van der Waals surface area contributed by atoms with Crippen LogP contribution in [0.15, 0.2) is 48.5 Å². The molecule has 0 aromatic heterocycles. The van der Waals surface area contributed by atoms with Crippen LogP contribution in [-0.2, 0) is 6.54 Å². The van der Waals surface area contributed by atoms with Crippen molar-refractivity contribution in [2.75, 3.05) is 13.1 Å². The molecule has 154 valence electrons. The first kappa shape index (κ1) is 20.4. The molecule has 4 rings (SSSR count). The Morgan fingerprint density at radius 3 is 2.59 bits per heavy atom. The second-order valence-corrected chi connectivity index (χ2v) is 8.96. The summed E-state index contributed by atoms with van der Waals surface area (Å²) in [4.78, 5) is 14.7. The second kappa shape index (κ2) is 8.44. The van der Waals surface area contributed by atoms with E-state index in [1.807, 2.05) is 60.4 Å². The van der Waals surface area contributed by atoms with E-state index in [1.54, 1.807) is 0 Å². The Bertz CT molecular complexity index is 847. The van der Waals surface area contributed by atoms with Gasteiger partial charge in [-0.25, -0.2) is 0 Å². The van der Waals surface area contributed by atoms with Crippen LogP contribution in [0.3, 0.4) is 0 Å². The Kier molecular flexibility index (Phi) is 5.93. The molecule has 1 saturated carbocycles. The minimum absolute atomic E-state index is 0.128. The minimum atomic E-state index is -0.750. The SMILES string of the molecule is Cc1ccc(C(=O)N2CC[C@]3(C2)C[C@H](NC(O)NCc2ccc(Cl)cc2)C3)cc1. The van der Waals surface area contributed by atoms with Crippen molar-refractivity contribution in [3.63, 3.8) is 0 Å². The number of aryl methyl sites for hydroxylation is 1. The van der Waals surface area contributed by atoms with Crippen molar-refractivity contribution >= 4 is 17.5 Å². The van der Waals surface area contributed by atoms with Gasteiger partial charge in [-0.1, -0.05) is 41.4 Å². The van der Waals surface area contributed by atoms with E-state index in [-0.39, 0.29) is 17.4 Å². The van der Waals surface area contributed by atoms with Gasteiger partial charge in [-0.3, -0.25) is 15.4 Å². The Labute approximate surface area is 177 Å². The van der Waals surface area contributed by atoms with Crippen LogP contribution in [0.1, 0.15) is 40.7 Å². The zero-order valence-corrected chi connectivity index (χ0v) is 17.5. The number of nitrogens with one attached hydrogen (secondary N) is 2. The summed E-state index contributed by atoms with van der Waals surface area (Å²) in [6.07, 6.45) is 2.27. The number of aliphatic hydroxyl groups is 1. The van der Waals surface area contributed by atoms with Crippen molar-refractivity contribution in [1.82, 2.24) is 15.5 Å². The van der Waals surface area contributed by atoms with Gasteiger partial charge in [-0.2, -0.15) is 0 Å². The molecule has 2 aliphatic rings. The van der Waals surface area contributed by atoms with Crippen LogP contribution in [0.4, 0.5) is 0 Å². The van der Waals surface area contributed by atoms with Gasteiger partial charge in [-0.05, 0) is 61.4 Å². The van der Waals surface area contributed by atoms with Gasteiger partial charge >= 0.3 is 0 Å². The standard InChI is InChI=1S/C23H28ClN3O2/c1-16-2-6-18(7-3-16)21(28)27-11-10-23(15-27)12-20(13-23)26-22(29)25-14-17-4-8-19(24)9-5-17/h2-9,20,22,25-26,29H,10-15H2,1H3/t20-,22?,23-. The number of carbonyl (C=O) groups is 1. The first-order valence-electron chi connectivity index (χ1n) is 10.2. The van der Waals surface area contributed by atoms with Gasteiger partial charge in [0.2, 0.25) is 0 Å². The van der Waals surface area contributed by atoms with E-state index in [0.29, 0.717) is 11.6 Å². The molecule has 0 radical (unpaired) electrons. The van der Waals surface area contributed by atoms with E-state index in [0.717, 1.165) is 49.0 Å². The Balaban J connectivity index is 1.21. The number of carbonyl (C=O) groups excluding carboxylic acids is 1. The van der Waals surface area contributed by atoms with Gasteiger partial charge in [0.15, 0.2) is 6.35 Å². The lowest BCUT2D eigenvalue weighted by molar-refractivity contribution is 0.0204. The lowest BCUT2D eigenvalue weighted by atomic mass is 9.65. The molecule has 3 N–H and O–H groups in total. The zero-order valence-electron chi connectivity index (χ0n) is 16.7. The molecular weight excluding hydrogens is 386 g/mol. The van der Waals surface area contributed by atoms with Gasteiger partial charge in [0.25, 0.3) is 5.91 Å². The molecule has 1 aliphatic heterocycles. The topological polar surface area (TPSA) is 64.6 Å². The number of rotatable bonds is 6. The molecule has 1 atom stereocenters. The summed E-state index contributed by atoms with van der Waals surface area (Å²) in [6.45, 7) is 4.23. The van der Waals surface area contributed by atoms with E-state index in [9.17, 15) is 9.90 Å². The first-order chi connectivity index (χ1) is 13.9. The fourth-order valence-corrected chi connectivity index (χ4v) is 4.65. The average molecular weight is 414 g/mol. The summed E-state index contributed by atoms with van der Waals surface area (Å²) in [6, 6.07) is 15.7. The normalized spacial score (nSPS) is 24.5. The zero-order chi connectivity index (χ0) is 20.4. The van der Waals surface area contributed by atoms with Gasteiger partial charge < -0.3 is 10.0 Å². The maximum absolute atomic E-state index is 12.7. The highest BCUT2D eigenvalue weighted by Crippen LogP contribution is 2.48. The summed E-state index contributed by atoms with van der Waals surface area (Å²) in [5, 5.41) is 17.3. The number of aliphatic hydroxyl groups excluding tert-OH is 1. The quantitative estimate of drug-likeness (QED) is 0.636. The number of amides is 1. The molecule has 1 saturated heterocycles. The molecule has 2 aromatic rings. The van der Waals surface area contributed by atoms with Crippen molar-refractivity contribution in [3.8, 4) is 0 Å². The Morgan fingerprint density at radius 2 is 1.90 bits per heavy atom. The summed E-state index contributed by atoms with van der Waals surface area (Å²) in [5.74, 6) is 0.128. The second-order valence-electron chi connectivity index (χ2n) is 8.52. The van der Waals surface area contributed by atoms with Crippen molar-refractivity contribution in [1.29, 1.82) is 0 Å². The van der Waals surface area contributed by atoms with Gasteiger partial charge in [-0.15, -0.1) is 0 Å². The molecule has 1 amide bonds. The number of likely N-dealkylation sites (tertiary alicyclic amines) is 1. The van der Waals surface area contributed by atoms with E-state index < -0.39 is 6.35 Å². The maximum Gasteiger partial charge on any atom is 0.253 e. The van der Waals surface area contributed by atoms with Gasteiger partial charge in [0.1, 0.15) is 0 Å². The van der Waals surface area contributed by atoms with Crippen molar-refractivity contribution < 1.29 is 9.90 Å². The molecule has 5 nitrogen and oxygen atoms in total. The van der Waals surface area contributed by atoms with Crippen LogP contribution in [0, 0.1) is 12.3 Å². The number of hydrogen-bond donors (Lipinski definition) is 3. The number of nitrogens with zero attached hydrogens (tertiary/aromatic N) is 1. The summed E-state index contributed by atoms with van der Waals surface area (Å²) < 4.78 is 0. The third-order valence-electron chi connectivity index (χ3n) is 6.19. The largest absolute Gasteiger partial charge is 0.365 e. The van der Waals surface area contributed by atoms with Gasteiger partial charge in [0, 0.05) is 36.3 Å². The maximum atomic E-state index is 12.7. The molecule has 6 heteroatoms. The minimum Gasteiger partial charge on any atom is -0.365 e. The third-order valence-corrected chi connectivity index (χ3v) is 6.44. The number of halogens is 1. The molecular formula is C23H28ClN3O2. The molecule has 1 unspecified atom stereocenters. The van der Waals surface area contributed by atoms with E-state index in [1.165, 1.54) is 0 Å². The summed E-state index contributed by atoms with van der Waals surface area (Å²) in [5.41, 5.74) is 3.20. The average Bonchev–Trinajstić information content (AvgIpc) is 3.13. The lowest BCUT2D eigenvalue weighted by Gasteiger charge is -2.46. The van der Waals surface area contributed by atoms with E-state index >= 15 is 0 Å². The molecule has 1 spiro atoms. The number of benzene rings is 2. The van der Waals surface area contributed by atoms with E-state index in [4.69, 9.17) is 11.6 Å². The molecule has 29 heavy (non-hydrogen) atoms. The van der Waals surface area contributed by atoms with Crippen LogP contribution >= 0.6 is 11.6 Å². The van der Waals surface area contributed by atoms with Crippen LogP contribution in [0.2, 0.25) is 5.02 Å². The fourth-order valence-electron chi connectivity index (χ4n) is 4.52. The third kappa shape index (κ3) is 4.81. The fraction of sp³-hybridized carbons (Fsp3) is 0.435. The molecule has 1 heterocycles. The highest BCUT2D eigenvalue weighted by atomic mass is 35.5. The van der Waals surface area contributed by atoms with Crippen molar-refractivity contribution in [2.24, 2.45) is 5.41 Å². The molecule has 0 bridgehead atoms. The number of hydrogen-bond acceptors (Lipinski definition) is 4. The predicted molar refractivity (Wildman–Crippen MR) is 115 cm³/mol. The molecule has 2 aromatic carbocycles. The highest BCUT2D eigenvalue weighted by molar-refractivity contribution is 6.30. The lowest BCUT2D eigenvalue weighted by Crippen LogP contribution is -2.56.